The van der Waals surface area contributed by atoms with Crippen molar-refractivity contribution in [3.8, 4) is 5.75 Å². The molecule has 0 saturated carbocycles. The second kappa shape index (κ2) is 9.46. The molecule has 3 aromatic rings. The number of rotatable bonds is 6. The Morgan fingerprint density at radius 3 is 2.78 bits per heavy atom. The van der Waals surface area contributed by atoms with Crippen LogP contribution in [0.5, 0.6) is 5.75 Å². The van der Waals surface area contributed by atoms with Gasteiger partial charge in [-0.05, 0) is 35.4 Å². The normalized spacial score (nSPS) is 16.1. The standard InChI is InChI=1S/C25H25FN4O2/c26-22-5-3-9-27-24(22)17-32-21-8-7-20(15-29-10-12-31-13-11-29)25(14-21)30-16-19-4-1-2-6-23(19)28-18-30/h1-9,14,18H,10-13,15-17H2. The Morgan fingerprint density at radius 2 is 1.91 bits per heavy atom. The van der Waals surface area contributed by atoms with Gasteiger partial charge in [0.1, 0.15) is 23.9 Å². The van der Waals surface area contributed by atoms with Gasteiger partial charge in [0.05, 0.1) is 37.5 Å². The first-order valence-electron chi connectivity index (χ1n) is 10.8. The summed E-state index contributed by atoms with van der Waals surface area (Å²) < 4.78 is 25.4. The van der Waals surface area contributed by atoms with E-state index in [0.29, 0.717) is 11.4 Å². The number of para-hydroxylation sites is 1. The fourth-order valence-electron chi connectivity index (χ4n) is 3.99. The van der Waals surface area contributed by atoms with Crippen LogP contribution in [0.3, 0.4) is 0 Å². The third-order valence-corrected chi connectivity index (χ3v) is 5.74. The molecule has 6 nitrogen and oxygen atoms in total. The van der Waals surface area contributed by atoms with Gasteiger partial charge in [0.2, 0.25) is 0 Å². The van der Waals surface area contributed by atoms with Crippen molar-refractivity contribution in [1.82, 2.24) is 9.88 Å². The van der Waals surface area contributed by atoms with Crippen molar-refractivity contribution in [2.45, 2.75) is 19.7 Å². The molecule has 1 fully saturated rings. The molecule has 1 aromatic heterocycles. The largest absolute Gasteiger partial charge is 0.487 e. The SMILES string of the molecule is Fc1cccnc1COc1ccc(CN2CCOCC2)c(N2C=Nc3ccccc3C2)c1. The van der Waals surface area contributed by atoms with Gasteiger partial charge in [0.15, 0.2) is 0 Å². The lowest BCUT2D eigenvalue weighted by Gasteiger charge is -2.31. The van der Waals surface area contributed by atoms with Crippen LogP contribution in [0.4, 0.5) is 15.8 Å². The van der Waals surface area contributed by atoms with E-state index in [1.54, 1.807) is 12.3 Å². The molecule has 2 aliphatic heterocycles. The number of fused-ring (bicyclic) bond motifs is 1. The Hall–Kier alpha value is -3.29. The minimum Gasteiger partial charge on any atom is -0.487 e. The molecule has 0 spiro atoms. The molecule has 7 heteroatoms. The fraction of sp³-hybridized carbons (Fsp3) is 0.280. The minimum absolute atomic E-state index is 0.0752. The maximum Gasteiger partial charge on any atom is 0.148 e. The summed E-state index contributed by atoms with van der Waals surface area (Å²) in [4.78, 5) is 13.3. The molecule has 2 aromatic carbocycles. The molecule has 5 rings (SSSR count). The molecule has 0 unspecified atom stereocenters. The Kier molecular flexibility index (Phi) is 6.09. The first-order valence-corrected chi connectivity index (χ1v) is 10.8. The Bertz CT molecular complexity index is 1110. The number of halogens is 1. The fourth-order valence-corrected chi connectivity index (χ4v) is 3.99. The van der Waals surface area contributed by atoms with Gasteiger partial charge in [-0.2, -0.15) is 0 Å². The molecule has 3 heterocycles. The molecule has 164 valence electrons. The van der Waals surface area contributed by atoms with Crippen LogP contribution >= 0.6 is 0 Å². The van der Waals surface area contributed by atoms with Crippen LogP contribution < -0.4 is 9.64 Å². The van der Waals surface area contributed by atoms with Gasteiger partial charge in [-0.15, -0.1) is 0 Å². The van der Waals surface area contributed by atoms with Crippen molar-refractivity contribution in [1.29, 1.82) is 0 Å². The smallest absolute Gasteiger partial charge is 0.148 e. The molecule has 0 aliphatic carbocycles. The zero-order chi connectivity index (χ0) is 21.8. The van der Waals surface area contributed by atoms with E-state index in [-0.39, 0.29) is 12.4 Å². The van der Waals surface area contributed by atoms with Gasteiger partial charge in [0.25, 0.3) is 0 Å². The summed E-state index contributed by atoms with van der Waals surface area (Å²) in [5.74, 6) is 0.305. The highest BCUT2D eigenvalue weighted by atomic mass is 19.1. The Balaban J connectivity index is 1.41. The number of hydrogen-bond donors (Lipinski definition) is 0. The highest BCUT2D eigenvalue weighted by Gasteiger charge is 2.19. The number of pyridine rings is 1. The number of aromatic nitrogens is 1. The van der Waals surface area contributed by atoms with Crippen LogP contribution in [0.1, 0.15) is 16.8 Å². The van der Waals surface area contributed by atoms with Crippen LogP contribution in [-0.2, 0) is 24.4 Å². The first-order chi connectivity index (χ1) is 15.8. The van der Waals surface area contributed by atoms with Gasteiger partial charge in [-0.1, -0.05) is 24.3 Å². The lowest BCUT2D eigenvalue weighted by molar-refractivity contribution is 0.0342. The summed E-state index contributed by atoms with van der Waals surface area (Å²) in [6.07, 6.45) is 3.45. The highest BCUT2D eigenvalue weighted by molar-refractivity contribution is 5.85. The Morgan fingerprint density at radius 1 is 1.03 bits per heavy atom. The van der Waals surface area contributed by atoms with E-state index in [1.165, 1.54) is 17.2 Å². The second-order valence-corrected chi connectivity index (χ2v) is 7.90. The van der Waals surface area contributed by atoms with Gasteiger partial charge >= 0.3 is 0 Å². The summed E-state index contributed by atoms with van der Waals surface area (Å²) in [6, 6.07) is 17.2. The van der Waals surface area contributed by atoms with Gasteiger partial charge < -0.3 is 14.4 Å². The number of benzene rings is 2. The lowest BCUT2D eigenvalue weighted by Crippen LogP contribution is -2.36. The highest BCUT2D eigenvalue weighted by Crippen LogP contribution is 2.32. The van der Waals surface area contributed by atoms with Gasteiger partial charge in [0, 0.05) is 31.9 Å². The van der Waals surface area contributed by atoms with Crippen LogP contribution in [-0.4, -0.2) is 42.5 Å². The molecular formula is C25H25FN4O2. The zero-order valence-electron chi connectivity index (χ0n) is 17.8. The monoisotopic (exact) mass is 432 g/mol. The number of anilines is 1. The average Bonchev–Trinajstić information content (AvgIpc) is 2.84. The summed E-state index contributed by atoms with van der Waals surface area (Å²) in [7, 11) is 0. The van der Waals surface area contributed by atoms with Crippen molar-refractivity contribution in [3.63, 3.8) is 0 Å². The van der Waals surface area contributed by atoms with E-state index < -0.39 is 0 Å². The number of aliphatic imine (C=N–C) groups is 1. The maximum atomic E-state index is 13.9. The summed E-state index contributed by atoms with van der Waals surface area (Å²) in [6.45, 7) is 4.95. The topological polar surface area (TPSA) is 50.2 Å². The van der Waals surface area contributed by atoms with Gasteiger partial charge in [-0.3, -0.25) is 9.88 Å². The van der Waals surface area contributed by atoms with E-state index in [0.717, 1.165) is 50.8 Å². The maximum absolute atomic E-state index is 13.9. The second-order valence-electron chi connectivity index (χ2n) is 7.90. The molecule has 0 amide bonds. The van der Waals surface area contributed by atoms with Crippen LogP contribution in [0.25, 0.3) is 0 Å². The molecule has 32 heavy (non-hydrogen) atoms. The van der Waals surface area contributed by atoms with Crippen LogP contribution in [0.15, 0.2) is 65.8 Å². The predicted molar refractivity (Wildman–Crippen MR) is 122 cm³/mol. The van der Waals surface area contributed by atoms with Crippen molar-refractivity contribution >= 4 is 17.7 Å². The van der Waals surface area contributed by atoms with Crippen LogP contribution in [0, 0.1) is 5.82 Å². The summed E-state index contributed by atoms with van der Waals surface area (Å²) in [5, 5.41) is 0. The Labute approximate surface area is 186 Å². The van der Waals surface area contributed by atoms with Crippen molar-refractivity contribution in [2.75, 3.05) is 31.2 Å². The number of morpholine rings is 1. The minimum atomic E-state index is -0.364. The summed E-state index contributed by atoms with van der Waals surface area (Å²) in [5.41, 5.74) is 4.69. The quantitative estimate of drug-likeness (QED) is 0.581. The molecule has 0 atom stereocenters. The van der Waals surface area contributed by atoms with E-state index in [4.69, 9.17) is 9.47 Å². The van der Waals surface area contributed by atoms with E-state index in [9.17, 15) is 4.39 Å². The molecule has 0 radical (unpaired) electrons. The third-order valence-electron chi connectivity index (χ3n) is 5.74. The number of ether oxygens (including phenoxy) is 2. The molecule has 0 bridgehead atoms. The number of nitrogens with zero attached hydrogens (tertiary/aromatic N) is 4. The molecule has 2 aliphatic rings. The predicted octanol–water partition coefficient (Wildman–Crippen LogP) is 4.31. The molecule has 1 saturated heterocycles. The van der Waals surface area contributed by atoms with Crippen molar-refractivity contribution in [2.24, 2.45) is 4.99 Å². The lowest BCUT2D eigenvalue weighted by atomic mass is 10.1. The first kappa shape index (κ1) is 20.6. The van der Waals surface area contributed by atoms with Crippen LogP contribution in [0.2, 0.25) is 0 Å². The zero-order valence-corrected chi connectivity index (χ0v) is 17.8. The van der Waals surface area contributed by atoms with E-state index >= 15 is 0 Å². The van der Waals surface area contributed by atoms with E-state index in [1.807, 2.05) is 36.7 Å². The van der Waals surface area contributed by atoms with Gasteiger partial charge in [-0.25, -0.2) is 9.38 Å². The number of hydrogen-bond acceptors (Lipinski definition) is 6. The molecular weight excluding hydrogens is 407 g/mol. The summed E-state index contributed by atoms with van der Waals surface area (Å²) >= 11 is 0. The molecule has 0 N–H and O–H groups in total. The third kappa shape index (κ3) is 4.64. The average molecular weight is 432 g/mol. The van der Waals surface area contributed by atoms with Crippen molar-refractivity contribution in [3.05, 3.63) is 83.4 Å². The van der Waals surface area contributed by atoms with Crippen molar-refractivity contribution < 1.29 is 13.9 Å². The van der Waals surface area contributed by atoms with E-state index in [2.05, 4.69) is 31.9 Å².